The summed E-state index contributed by atoms with van der Waals surface area (Å²) >= 11 is 0. The smallest absolute Gasteiger partial charge is 0.272 e. The first-order valence-corrected chi connectivity index (χ1v) is 12.5. The molecule has 0 spiro atoms. The number of aliphatic hydroxyl groups is 1. The van der Waals surface area contributed by atoms with Crippen molar-refractivity contribution in [1.29, 1.82) is 0 Å². The number of nitrogens with zero attached hydrogens (tertiary/aromatic N) is 4. The number of halogens is 1. The van der Waals surface area contributed by atoms with Crippen LogP contribution in [-0.2, 0) is 6.42 Å². The molecule has 2 fully saturated rings. The second-order valence-corrected chi connectivity index (χ2v) is 9.83. The van der Waals surface area contributed by atoms with Gasteiger partial charge in [0.25, 0.3) is 5.91 Å². The van der Waals surface area contributed by atoms with E-state index in [4.69, 9.17) is 0 Å². The van der Waals surface area contributed by atoms with Gasteiger partial charge in [0.2, 0.25) is 0 Å². The van der Waals surface area contributed by atoms with Crippen LogP contribution >= 0.6 is 0 Å². The second kappa shape index (κ2) is 8.98. The topological polar surface area (TPSA) is 82.8 Å². The molecule has 5 rings (SSSR count). The van der Waals surface area contributed by atoms with Gasteiger partial charge in [0.05, 0.1) is 11.2 Å². The summed E-state index contributed by atoms with van der Waals surface area (Å²) in [7, 11) is 0. The van der Waals surface area contributed by atoms with Crippen LogP contribution in [0, 0.1) is 5.82 Å². The third kappa shape index (κ3) is 4.37. The van der Waals surface area contributed by atoms with Gasteiger partial charge in [-0.2, -0.15) is 5.10 Å². The molecule has 1 unspecified atom stereocenters. The highest BCUT2D eigenvalue weighted by Gasteiger charge is 2.46. The standard InChI is InChI=1S/C27H32FN5O2/c1-4-20-15-24(26(35)32-13-7-5-6-8-17(32)2)29-25-16-23(31-33(20)25)21-10-9-19(14-22(21)28)30-27(11-12-27)18(3)34/h9-10,14-17,30,34H,3-8,11-13H2,1-2H3. The van der Waals surface area contributed by atoms with Crippen molar-refractivity contribution in [2.24, 2.45) is 0 Å². The number of aliphatic hydroxyl groups excluding tert-OH is 1. The number of fused-ring (bicyclic) bond motifs is 1. The van der Waals surface area contributed by atoms with Crippen molar-refractivity contribution in [2.75, 3.05) is 11.9 Å². The molecule has 8 heteroatoms. The first-order chi connectivity index (χ1) is 16.8. The molecule has 1 aromatic carbocycles. The molecular formula is C27H32FN5O2. The Hall–Kier alpha value is -3.42. The summed E-state index contributed by atoms with van der Waals surface area (Å²) in [5.41, 5.74) is 2.62. The molecule has 2 aromatic heterocycles. The van der Waals surface area contributed by atoms with Crippen molar-refractivity contribution >= 4 is 17.2 Å². The largest absolute Gasteiger partial charge is 0.510 e. The fourth-order valence-electron chi connectivity index (χ4n) is 4.94. The summed E-state index contributed by atoms with van der Waals surface area (Å²) < 4.78 is 16.8. The third-order valence-electron chi connectivity index (χ3n) is 7.33. The summed E-state index contributed by atoms with van der Waals surface area (Å²) in [6.45, 7) is 8.47. The lowest BCUT2D eigenvalue weighted by Gasteiger charge is -2.27. The highest BCUT2D eigenvalue weighted by molar-refractivity contribution is 5.93. The quantitative estimate of drug-likeness (QED) is 0.457. The van der Waals surface area contributed by atoms with Crippen LogP contribution in [-0.4, -0.2) is 48.6 Å². The summed E-state index contributed by atoms with van der Waals surface area (Å²) in [6.07, 6.45) is 6.48. The van der Waals surface area contributed by atoms with Crippen molar-refractivity contribution in [3.63, 3.8) is 0 Å². The number of hydrogen-bond acceptors (Lipinski definition) is 5. The number of likely N-dealkylation sites (tertiary alicyclic amines) is 1. The van der Waals surface area contributed by atoms with E-state index in [0.717, 1.165) is 50.8 Å². The molecule has 0 radical (unpaired) electrons. The minimum absolute atomic E-state index is 0.0552. The Bertz CT molecular complexity index is 1300. The number of carbonyl (C=O) groups is 1. The molecule has 7 nitrogen and oxygen atoms in total. The maximum absolute atomic E-state index is 15.1. The van der Waals surface area contributed by atoms with Gasteiger partial charge in [-0.05, 0) is 63.3 Å². The van der Waals surface area contributed by atoms with E-state index in [-0.39, 0.29) is 17.7 Å². The van der Waals surface area contributed by atoms with Crippen LogP contribution in [0.5, 0.6) is 0 Å². The monoisotopic (exact) mass is 477 g/mol. The number of benzene rings is 1. The lowest BCUT2D eigenvalue weighted by molar-refractivity contribution is 0.0692. The Labute approximate surface area is 204 Å². The predicted molar refractivity (Wildman–Crippen MR) is 134 cm³/mol. The number of hydrogen-bond donors (Lipinski definition) is 2. The summed E-state index contributed by atoms with van der Waals surface area (Å²) in [6, 6.07) is 8.58. The molecule has 1 atom stereocenters. The maximum atomic E-state index is 15.1. The number of anilines is 1. The van der Waals surface area contributed by atoms with Gasteiger partial charge >= 0.3 is 0 Å². The van der Waals surface area contributed by atoms with Crippen molar-refractivity contribution in [3.8, 4) is 11.3 Å². The molecule has 1 saturated carbocycles. The van der Waals surface area contributed by atoms with Crippen LogP contribution in [0.3, 0.4) is 0 Å². The Kier molecular flexibility index (Phi) is 5.99. The molecule has 184 valence electrons. The number of aryl methyl sites for hydroxylation is 1. The van der Waals surface area contributed by atoms with E-state index in [0.29, 0.717) is 34.7 Å². The van der Waals surface area contributed by atoms with E-state index in [1.54, 1.807) is 22.7 Å². The van der Waals surface area contributed by atoms with Crippen LogP contribution in [0.2, 0.25) is 0 Å². The van der Waals surface area contributed by atoms with E-state index >= 15 is 4.39 Å². The Morgan fingerprint density at radius 3 is 2.74 bits per heavy atom. The molecule has 3 aromatic rings. The molecule has 1 amide bonds. The molecular weight excluding hydrogens is 445 g/mol. The van der Waals surface area contributed by atoms with E-state index in [1.807, 2.05) is 17.9 Å². The van der Waals surface area contributed by atoms with Crippen molar-refractivity contribution < 1.29 is 14.3 Å². The normalized spacial score (nSPS) is 19.4. The van der Waals surface area contributed by atoms with Crippen LogP contribution in [0.25, 0.3) is 16.9 Å². The van der Waals surface area contributed by atoms with E-state index in [9.17, 15) is 9.90 Å². The van der Waals surface area contributed by atoms with Gasteiger partial charge in [0, 0.05) is 35.6 Å². The summed E-state index contributed by atoms with van der Waals surface area (Å²) in [4.78, 5) is 19.9. The van der Waals surface area contributed by atoms with Gasteiger partial charge < -0.3 is 15.3 Å². The van der Waals surface area contributed by atoms with Gasteiger partial charge in [-0.1, -0.05) is 26.3 Å². The third-order valence-corrected chi connectivity index (χ3v) is 7.33. The van der Waals surface area contributed by atoms with Crippen molar-refractivity contribution in [2.45, 2.75) is 70.4 Å². The first-order valence-electron chi connectivity index (χ1n) is 12.5. The van der Waals surface area contributed by atoms with Gasteiger partial charge in [-0.25, -0.2) is 13.9 Å². The molecule has 3 heterocycles. The average molecular weight is 478 g/mol. The second-order valence-electron chi connectivity index (χ2n) is 9.83. The fourth-order valence-corrected chi connectivity index (χ4v) is 4.94. The molecule has 35 heavy (non-hydrogen) atoms. The summed E-state index contributed by atoms with van der Waals surface area (Å²) in [5.74, 6) is -0.411. The van der Waals surface area contributed by atoms with E-state index in [2.05, 4.69) is 28.9 Å². The number of rotatable bonds is 6. The molecule has 0 bridgehead atoms. The van der Waals surface area contributed by atoms with Crippen LogP contribution in [0.15, 0.2) is 42.7 Å². The minimum atomic E-state index is -0.551. The zero-order valence-electron chi connectivity index (χ0n) is 20.4. The number of amides is 1. The average Bonchev–Trinajstić information content (AvgIpc) is 3.54. The summed E-state index contributed by atoms with van der Waals surface area (Å²) in [5, 5.41) is 17.6. The Balaban J connectivity index is 1.46. The predicted octanol–water partition coefficient (Wildman–Crippen LogP) is 5.52. The molecule has 1 aliphatic heterocycles. The number of carbonyl (C=O) groups excluding carboxylic acids is 1. The molecule has 1 saturated heterocycles. The van der Waals surface area contributed by atoms with E-state index in [1.165, 1.54) is 6.07 Å². The van der Waals surface area contributed by atoms with E-state index < -0.39 is 11.4 Å². The zero-order chi connectivity index (χ0) is 24.7. The van der Waals surface area contributed by atoms with Crippen molar-refractivity contribution in [3.05, 3.63) is 59.9 Å². The molecule has 1 aliphatic carbocycles. The Morgan fingerprint density at radius 1 is 1.26 bits per heavy atom. The SMILES string of the molecule is C=C(O)C1(Nc2ccc(-c3cc4nc(C(=O)N5CCCCCC5C)cc(CC)n4n3)c(F)c2)CC1. The van der Waals surface area contributed by atoms with Gasteiger partial charge in [0.15, 0.2) is 5.65 Å². The molecule has 2 N–H and O–H groups in total. The van der Waals surface area contributed by atoms with Gasteiger partial charge in [-0.3, -0.25) is 4.79 Å². The van der Waals surface area contributed by atoms with Gasteiger partial charge in [0.1, 0.15) is 17.3 Å². The van der Waals surface area contributed by atoms with Crippen molar-refractivity contribution in [1.82, 2.24) is 19.5 Å². The maximum Gasteiger partial charge on any atom is 0.272 e. The number of aromatic nitrogens is 3. The minimum Gasteiger partial charge on any atom is -0.510 e. The Morgan fingerprint density at radius 2 is 2.06 bits per heavy atom. The lowest BCUT2D eigenvalue weighted by Crippen LogP contribution is -2.38. The fraction of sp³-hybridized carbons (Fsp3) is 0.444. The first kappa shape index (κ1) is 23.3. The van der Waals surface area contributed by atoms with Crippen LogP contribution in [0.1, 0.15) is 68.6 Å². The van der Waals surface area contributed by atoms with Crippen LogP contribution < -0.4 is 5.32 Å². The van der Waals surface area contributed by atoms with Crippen LogP contribution in [0.4, 0.5) is 10.1 Å². The lowest BCUT2D eigenvalue weighted by atomic mass is 10.1. The van der Waals surface area contributed by atoms with Gasteiger partial charge in [-0.15, -0.1) is 0 Å². The number of nitrogens with one attached hydrogen (secondary N) is 1. The molecule has 2 aliphatic rings. The highest BCUT2D eigenvalue weighted by Crippen LogP contribution is 2.43. The zero-order valence-corrected chi connectivity index (χ0v) is 20.4. The highest BCUT2D eigenvalue weighted by atomic mass is 19.1.